The van der Waals surface area contributed by atoms with Crippen LogP contribution in [0.1, 0.15) is 349 Å². The third kappa shape index (κ3) is 63.1. The van der Waals surface area contributed by atoms with Crippen molar-refractivity contribution in [3.63, 3.8) is 0 Å². The summed E-state index contributed by atoms with van der Waals surface area (Å²) in [6.45, 7) is 11.6. The molecule has 1 fully saturated rings. The highest BCUT2D eigenvalue weighted by molar-refractivity contribution is 5.97. The summed E-state index contributed by atoms with van der Waals surface area (Å²) in [5.41, 5.74) is 0. The highest BCUT2D eigenvalue weighted by Gasteiger charge is 2.34. The van der Waals surface area contributed by atoms with Gasteiger partial charge in [-0.15, -0.1) is 0 Å². The SMILES string of the molecule is CCCCCCCC/C=C\CCCCCCCCOC(=O)CCN(CCOC(=O)CCC1NC(=O)C(CCC(=O)OCCN(CCC(=O)OC/C=C\CCCCCCCC)CCC(=O)OCCCCCCCC/C=C\CCCCCCCC)NC1=O)CCC(=O)OC/C=C\CCCCCCCC. The van der Waals surface area contributed by atoms with Crippen molar-refractivity contribution in [2.45, 2.75) is 361 Å². The summed E-state index contributed by atoms with van der Waals surface area (Å²) in [6, 6.07) is -1.99. The maximum atomic E-state index is 13.2. The molecular formula is C84H148N4O14. The molecule has 0 spiro atoms. The van der Waals surface area contributed by atoms with Crippen molar-refractivity contribution < 1.29 is 66.8 Å². The van der Waals surface area contributed by atoms with Crippen LogP contribution in [0.15, 0.2) is 48.6 Å². The van der Waals surface area contributed by atoms with E-state index in [4.69, 9.17) is 28.4 Å². The van der Waals surface area contributed by atoms with Gasteiger partial charge in [0, 0.05) is 52.1 Å². The van der Waals surface area contributed by atoms with Gasteiger partial charge in [-0.25, -0.2) is 0 Å². The second-order valence-corrected chi connectivity index (χ2v) is 28.1. The minimum atomic E-state index is -0.993. The van der Waals surface area contributed by atoms with E-state index in [2.05, 4.69) is 74.8 Å². The van der Waals surface area contributed by atoms with Crippen LogP contribution in [0, 0.1) is 0 Å². The molecule has 1 aliphatic rings. The fourth-order valence-electron chi connectivity index (χ4n) is 12.1. The van der Waals surface area contributed by atoms with Crippen molar-refractivity contribution in [3.8, 4) is 0 Å². The van der Waals surface area contributed by atoms with E-state index in [1.807, 2.05) is 22.0 Å². The number of rotatable bonds is 74. The number of carbonyl (C=O) groups is 8. The zero-order valence-corrected chi connectivity index (χ0v) is 65.2. The molecule has 0 aromatic carbocycles. The Balaban J connectivity index is 2.61. The van der Waals surface area contributed by atoms with Crippen LogP contribution in [0.3, 0.4) is 0 Å². The Bertz CT molecular complexity index is 2050. The first-order chi connectivity index (χ1) is 49.9. The zero-order chi connectivity index (χ0) is 74.1. The summed E-state index contributed by atoms with van der Waals surface area (Å²) in [4.78, 5) is 107. The minimum absolute atomic E-state index is 0.0166. The number of unbranched alkanes of at least 4 members (excludes halogenated alkanes) is 36. The normalized spacial score (nSPS) is 14.0. The first-order valence-corrected chi connectivity index (χ1v) is 41.5. The fourth-order valence-corrected chi connectivity index (χ4v) is 12.1. The predicted octanol–water partition coefficient (Wildman–Crippen LogP) is 18.6. The number of allylic oxidation sites excluding steroid dienone is 6. The van der Waals surface area contributed by atoms with Gasteiger partial charge < -0.3 is 39.1 Å². The highest BCUT2D eigenvalue weighted by Crippen LogP contribution is 2.16. The molecule has 0 radical (unpaired) electrons. The van der Waals surface area contributed by atoms with Crippen molar-refractivity contribution >= 4 is 47.6 Å². The van der Waals surface area contributed by atoms with E-state index in [0.717, 1.165) is 77.0 Å². The summed E-state index contributed by atoms with van der Waals surface area (Å²) in [5, 5.41) is 5.36. The Morgan fingerprint density at radius 2 is 0.500 bits per heavy atom. The number of carbonyl (C=O) groups excluding carboxylic acids is 8. The standard InChI is InChI=1S/C84H148N4O14/c1-5-9-13-17-21-25-27-29-31-33-35-37-41-45-49-53-71-99-81(93)61-65-87(63-59-79(91)97-69-51-47-43-39-23-19-15-11-7-3)67-73-101-77(89)57-55-75-83(95)86-76(84(96)85-75)56-58-78(90)102-74-68-88(64-60-80(92)98-70-52-48-44-40-24-20-16-12-8-4)66-62-82(94)100-72-54-50-46-42-38-36-34-32-30-28-26-22-18-14-10-6-2/h29-32,47-48,51-52,75-76H,5-28,33-46,49-50,53-74H2,1-4H3,(H,85,96)(H,86,95)/b31-29-,32-30-,51-47-,52-48-. The van der Waals surface area contributed by atoms with E-state index in [0.29, 0.717) is 13.2 Å². The number of ether oxygens (including phenoxy) is 6. The molecule has 2 unspecified atom stereocenters. The number of amides is 2. The molecule has 0 aromatic heterocycles. The Morgan fingerprint density at radius 1 is 0.275 bits per heavy atom. The van der Waals surface area contributed by atoms with Crippen molar-refractivity contribution in [3.05, 3.63) is 48.6 Å². The smallest absolute Gasteiger partial charge is 0.307 e. The van der Waals surface area contributed by atoms with Crippen LogP contribution in [-0.2, 0) is 66.8 Å². The van der Waals surface area contributed by atoms with Crippen molar-refractivity contribution in [1.29, 1.82) is 0 Å². The molecule has 1 aliphatic heterocycles. The van der Waals surface area contributed by atoms with Crippen LogP contribution in [0.4, 0.5) is 0 Å². The van der Waals surface area contributed by atoms with E-state index in [1.54, 1.807) is 0 Å². The summed E-state index contributed by atoms with van der Waals surface area (Å²) < 4.78 is 33.1. The van der Waals surface area contributed by atoms with E-state index >= 15 is 0 Å². The quantitative estimate of drug-likeness (QED) is 0.0250. The molecule has 588 valence electrons. The molecule has 2 N–H and O–H groups in total. The molecule has 1 saturated heterocycles. The van der Waals surface area contributed by atoms with Gasteiger partial charge in [0.1, 0.15) is 38.5 Å². The maximum Gasteiger partial charge on any atom is 0.307 e. The van der Waals surface area contributed by atoms with E-state index in [1.165, 1.54) is 193 Å². The minimum Gasteiger partial charge on any atom is -0.466 e. The van der Waals surface area contributed by atoms with Gasteiger partial charge in [-0.3, -0.25) is 48.2 Å². The van der Waals surface area contributed by atoms with Gasteiger partial charge in [-0.05, 0) is 103 Å². The third-order valence-corrected chi connectivity index (χ3v) is 18.7. The first-order valence-electron chi connectivity index (χ1n) is 41.5. The average Bonchev–Trinajstić information content (AvgIpc) is 0.845. The lowest BCUT2D eigenvalue weighted by Gasteiger charge is -2.29. The maximum absolute atomic E-state index is 13.2. The third-order valence-electron chi connectivity index (χ3n) is 18.7. The molecule has 2 amide bonds. The topological polar surface area (TPSA) is 222 Å². The zero-order valence-electron chi connectivity index (χ0n) is 65.2. The van der Waals surface area contributed by atoms with Crippen LogP contribution in [-0.4, -0.2) is 148 Å². The predicted molar refractivity (Wildman–Crippen MR) is 413 cm³/mol. The lowest BCUT2D eigenvalue weighted by molar-refractivity contribution is -0.147. The van der Waals surface area contributed by atoms with Crippen molar-refractivity contribution in [2.75, 3.05) is 78.9 Å². The Hall–Kier alpha value is -5.36. The molecule has 0 saturated carbocycles. The van der Waals surface area contributed by atoms with E-state index in [-0.39, 0.29) is 141 Å². The van der Waals surface area contributed by atoms with Gasteiger partial charge in [-0.2, -0.15) is 0 Å². The van der Waals surface area contributed by atoms with Crippen LogP contribution in [0.5, 0.6) is 0 Å². The molecule has 18 heteroatoms. The number of hydrogen-bond acceptors (Lipinski definition) is 16. The summed E-state index contributed by atoms with van der Waals surface area (Å²) >= 11 is 0. The number of piperazine rings is 1. The summed E-state index contributed by atoms with van der Waals surface area (Å²) in [5.74, 6) is -3.55. The molecule has 1 heterocycles. The first kappa shape index (κ1) is 94.7. The molecular weight excluding hydrogens is 1290 g/mol. The van der Waals surface area contributed by atoms with Crippen LogP contribution < -0.4 is 10.6 Å². The van der Waals surface area contributed by atoms with Crippen molar-refractivity contribution in [2.24, 2.45) is 0 Å². The fraction of sp³-hybridized carbons (Fsp3) is 0.810. The number of nitrogens with one attached hydrogen (secondary N) is 2. The van der Waals surface area contributed by atoms with Gasteiger partial charge in [0.25, 0.3) is 0 Å². The van der Waals surface area contributed by atoms with Crippen LogP contribution in [0.25, 0.3) is 0 Å². The molecule has 0 bridgehead atoms. The van der Waals surface area contributed by atoms with Crippen LogP contribution >= 0.6 is 0 Å². The van der Waals surface area contributed by atoms with Gasteiger partial charge in [0.15, 0.2) is 0 Å². The molecule has 0 aliphatic carbocycles. The highest BCUT2D eigenvalue weighted by atomic mass is 16.6. The second-order valence-electron chi connectivity index (χ2n) is 28.1. The monoisotopic (exact) mass is 1440 g/mol. The largest absolute Gasteiger partial charge is 0.466 e. The van der Waals surface area contributed by atoms with E-state index in [9.17, 15) is 38.4 Å². The van der Waals surface area contributed by atoms with E-state index < -0.39 is 35.8 Å². The van der Waals surface area contributed by atoms with Crippen LogP contribution in [0.2, 0.25) is 0 Å². The molecule has 18 nitrogen and oxygen atoms in total. The number of esters is 6. The van der Waals surface area contributed by atoms with Gasteiger partial charge >= 0.3 is 35.8 Å². The molecule has 0 aromatic rings. The number of hydrogen-bond donors (Lipinski definition) is 2. The lowest BCUT2D eigenvalue weighted by atomic mass is 10.0. The van der Waals surface area contributed by atoms with Gasteiger partial charge in [-0.1, -0.05) is 256 Å². The summed E-state index contributed by atoms with van der Waals surface area (Å²) in [6.07, 6.45) is 67.2. The molecule has 2 atom stereocenters. The second kappa shape index (κ2) is 72.6. The Kier molecular flexibility index (Phi) is 67.3. The van der Waals surface area contributed by atoms with Crippen molar-refractivity contribution in [1.82, 2.24) is 20.4 Å². The lowest BCUT2D eigenvalue weighted by Crippen LogP contribution is -2.61. The summed E-state index contributed by atoms with van der Waals surface area (Å²) in [7, 11) is 0. The molecule has 1 rings (SSSR count). The van der Waals surface area contributed by atoms with Gasteiger partial charge in [0.05, 0.1) is 38.9 Å². The number of nitrogens with zero attached hydrogens (tertiary/aromatic N) is 2. The van der Waals surface area contributed by atoms with Gasteiger partial charge in [0.2, 0.25) is 11.8 Å². The average molecular weight is 1440 g/mol. The Labute approximate surface area is 620 Å². The Morgan fingerprint density at radius 3 is 0.784 bits per heavy atom. The molecule has 102 heavy (non-hydrogen) atoms.